The first kappa shape index (κ1) is 15.5. The maximum atomic E-state index is 12.3. The lowest BCUT2D eigenvalue weighted by Crippen LogP contribution is -2.28. The number of benzene rings is 1. The van der Waals surface area contributed by atoms with Crippen LogP contribution in [-0.2, 0) is 4.79 Å². The molecular weight excluding hydrogens is 358 g/mol. The van der Waals surface area contributed by atoms with Gasteiger partial charge in [-0.05, 0) is 46.1 Å². The highest BCUT2D eigenvalue weighted by atomic mass is 79.9. The summed E-state index contributed by atoms with van der Waals surface area (Å²) in [5, 5.41) is 9.47. The fourth-order valence-corrected chi connectivity index (χ4v) is 3.48. The van der Waals surface area contributed by atoms with Gasteiger partial charge in [-0.15, -0.1) is 0 Å². The van der Waals surface area contributed by atoms with Crippen molar-refractivity contribution in [3.8, 4) is 5.75 Å². The second kappa shape index (κ2) is 6.74. The van der Waals surface area contributed by atoms with Crippen LogP contribution >= 0.6 is 39.9 Å². The van der Waals surface area contributed by atoms with Crippen molar-refractivity contribution in [3.63, 3.8) is 0 Å². The first-order valence-corrected chi connectivity index (χ1v) is 8.28. The maximum Gasteiger partial charge on any atom is 0.266 e. The van der Waals surface area contributed by atoms with Gasteiger partial charge in [0.05, 0.1) is 9.38 Å². The zero-order valence-corrected chi connectivity index (χ0v) is 14.1. The van der Waals surface area contributed by atoms with E-state index in [0.29, 0.717) is 20.2 Å². The Bertz CT molecular complexity index is 587. The summed E-state index contributed by atoms with van der Waals surface area (Å²) in [5.41, 5.74) is 0.852. The predicted molar refractivity (Wildman–Crippen MR) is 90.6 cm³/mol. The second-order valence-corrected chi connectivity index (χ2v) is 6.93. The van der Waals surface area contributed by atoms with Gasteiger partial charge in [0.25, 0.3) is 5.91 Å². The zero-order valence-electron chi connectivity index (χ0n) is 10.9. The zero-order chi connectivity index (χ0) is 14.7. The van der Waals surface area contributed by atoms with Crippen molar-refractivity contribution in [2.75, 3.05) is 6.54 Å². The van der Waals surface area contributed by atoms with E-state index in [1.165, 1.54) is 11.8 Å². The number of hydrogen-bond donors (Lipinski definition) is 1. The molecule has 1 heterocycles. The van der Waals surface area contributed by atoms with Crippen LogP contribution in [0.5, 0.6) is 5.75 Å². The highest BCUT2D eigenvalue weighted by Gasteiger charge is 2.31. The van der Waals surface area contributed by atoms with Gasteiger partial charge in [0.2, 0.25) is 0 Å². The molecule has 1 aliphatic rings. The number of amides is 1. The summed E-state index contributed by atoms with van der Waals surface area (Å²) >= 11 is 9.84. The van der Waals surface area contributed by atoms with Crippen molar-refractivity contribution in [1.82, 2.24) is 4.90 Å². The molecule has 6 heteroatoms. The minimum Gasteiger partial charge on any atom is -0.507 e. The Morgan fingerprint density at radius 2 is 2.25 bits per heavy atom. The number of hydrogen-bond acceptors (Lipinski definition) is 4. The molecule has 0 aliphatic carbocycles. The molecule has 3 nitrogen and oxygen atoms in total. The number of phenols is 1. The first-order chi connectivity index (χ1) is 9.52. The maximum absolute atomic E-state index is 12.3. The molecule has 0 bridgehead atoms. The lowest BCUT2D eigenvalue weighted by Gasteiger charge is -2.13. The number of halogens is 1. The van der Waals surface area contributed by atoms with Crippen LogP contribution in [0.3, 0.4) is 0 Å². The number of unbranched alkanes of at least 4 members (excludes halogenated alkanes) is 1. The molecule has 1 fully saturated rings. The summed E-state index contributed by atoms with van der Waals surface area (Å²) in [4.78, 5) is 14.6. The van der Waals surface area contributed by atoms with Crippen LogP contribution in [-0.4, -0.2) is 26.8 Å². The van der Waals surface area contributed by atoms with Crippen molar-refractivity contribution in [3.05, 3.63) is 33.1 Å². The van der Waals surface area contributed by atoms with Crippen molar-refractivity contribution in [2.45, 2.75) is 19.8 Å². The van der Waals surface area contributed by atoms with Gasteiger partial charge in [-0.3, -0.25) is 9.69 Å². The topological polar surface area (TPSA) is 40.5 Å². The Hall–Kier alpha value is -0.850. The standard InChI is InChI=1S/C14H14BrNO2S2/c1-2-3-6-16-13(18)12(20-14(16)19)8-9-4-5-11(17)10(15)7-9/h4-5,7-8,17H,2-3,6H2,1H3. The Morgan fingerprint density at radius 3 is 2.90 bits per heavy atom. The van der Waals surface area contributed by atoms with Gasteiger partial charge in [-0.25, -0.2) is 0 Å². The summed E-state index contributed by atoms with van der Waals surface area (Å²) in [6, 6.07) is 5.13. The monoisotopic (exact) mass is 371 g/mol. The fraction of sp³-hybridized carbons (Fsp3) is 0.286. The largest absolute Gasteiger partial charge is 0.507 e. The number of rotatable bonds is 4. The van der Waals surface area contributed by atoms with Crippen molar-refractivity contribution in [2.24, 2.45) is 0 Å². The number of phenolic OH excluding ortho intramolecular Hbond substituents is 1. The van der Waals surface area contributed by atoms with Crippen LogP contribution in [0.15, 0.2) is 27.6 Å². The highest BCUT2D eigenvalue weighted by molar-refractivity contribution is 9.10. The molecule has 1 N–H and O–H groups in total. The third kappa shape index (κ3) is 3.42. The van der Waals surface area contributed by atoms with Crippen LogP contribution in [0.2, 0.25) is 0 Å². The van der Waals surface area contributed by atoms with E-state index in [0.717, 1.165) is 18.4 Å². The van der Waals surface area contributed by atoms with Gasteiger partial charge in [0.1, 0.15) is 10.1 Å². The minimum absolute atomic E-state index is 0.0300. The summed E-state index contributed by atoms with van der Waals surface area (Å²) in [6.07, 6.45) is 3.78. The van der Waals surface area contributed by atoms with Crippen LogP contribution < -0.4 is 0 Å². The van der Waals surface area contributed by atoms with E-state index in [2.05, 4.69) is 22.9 Å². The van der Waals surface area contributed by atoms with E-state index in [1.807, 2.05) is 0 Å². The van der Waals surface area contributed by atoms with Gasteiger partial charge < -0.3 is 5.11 Å². The van der Waals surface area contributed by atoms with Crippen LogP contribution in [0.4, 0.5) is 0 Å². The fourth-order valence-electron chi connectivity index (χ4n) is 1.77. The lowest BCUT2D eigenvalue weighted by atomic mass is 10.2. The van der Waals surface area contributed by atoms with Gasteiger partial charge in [0, 0.05) is 6.54 Å². The number of thiocarbonyl (C=S) groups is 1. The Kier molecular flexibility index (Phi) is 5.23. The quantitative estimate of drug-likeness (QED) is 0.637. The first-order valence-electron chi connectivity index (χ1n) is 6.27. The molecular formula is C14H14BrNO2S2. The summed E-state index contributed by atoms with van der Waals surface area (Å²) in [6.45, 7) is 2.76. The molecule has 1 aromatic rings. The number of carbonyl (C=O) groups is 1. The second-order valence-electron chi connectivity index (χ2n) is 4.40. The van der Waals surface area contributed by atoms with Crippen LogP contribution in [0.1, 0.15) is 25.3 Å². The summed E-state index contributed by atoms with van der Waals surface area (Å²) in [5.74, 6) is 0.148. The van der Waals surface area contributed by atoms with Gasteiger partial charge in [-0.1, -0.05) is 43.4 Å². The Labute approximate surface area is 136 Å². The van der Waals surface area contributed by atoms with E-state index >= 15 is 0 Å². The minimum atomic E-state index is -0.0300. The predicted octanol–water partition coefficient (Wildman–Crippen LogP) is 4.16. The number of carbonyl (C=O) groups excluding carboxylic acids is 1. The molecule has 1 saturated heterocycles. The van der Waals surface area contributed by atoms with Gasteiger partial charge >= 0.3 is 0 Å². The van der Waals surface area contributed by atoms with E-state index in [1.54, 1.807) is 29.2 Å². The molecule has 1 aliphatic heterocycles. The van der Waals surface area contributed by atoms with E-state index in [4.69, 9.17) is 12.2 Å². The van der Waals surface area contributed by atoms with Gasteiger partial charge in [0.15, 0.2) is 0 Å². The van der Waals surface area contributed by atoms with Gasteiger partial charge in [-0.2, -0.15) is 0 Å². The van der Waals surface area contributed by atoms with E-state index in [-0.39, 0.29) is 11.7 Å². The smallest absolute Gasteiger partial charge is 0.266 e. The van der Waals surface area contributed by atoms with Crippen molar-refractivity contribution >= 4 is 56.2 Å². The SMILES string of the molecule is CCCCN1C(=O)C(=Cc2ccc(O)c(Br)c2)SC1=S. The molecule has 1 aromatic carbocycles. The normalized spacial score (nSPS) is 17.3. The number of thioether (sulfide) groups is 1. The van der Waals surface area contributed by atoms with Crippen molar-refractivity contribution < 1.29 is 9.90 Å². The molecule has 2 rings (SSSR count). The summed E-state index contributed by atoms with van der Waals surface area (Å²) < 4.78 is 1.22. The third-order valence-corrected chi connectivity index (χ3v) is 4.89. The molecule has 0 saturated carbocycles. The number of nitrogens with zero attached hydrogens (tertiary/aromatic N) is 1. The van der Waals surface area contributed by atoms with E-state index < -0.39 is 0 Å². The highest BCUT2D eigenvalue weighted by Crippen LogP contribution is 2.33. The molecule has 0 spiro atoms. The molecule has 20 heavy (non-hydrogen) atoms. The molecule has 0 aromatic heterocycles. The molecule has 1 amide bonds. The Morgan fingerprint density at radius 1 is 1.50 bits per heavy atom. The van der Waals surface area contributed by atoms with Crippen molar-refractivity contribution in [1.29, 1.82) is 0 Å². The summed E-state index contributed by atoms with van der Waals surface area (Å²) in [7, 11) is 0. The lowest BCUT2D eigenvalue weighted by molar-refractivity contribution is -0.122. The molecule has 0 atom stereocenters. The molecule has 106 valence electrons. The average Bonchev–Trinajstić information content (AvgIpc) is 2.67. The average molecular weight is 372 g/mol. The molecule has 0 unspecified atom stereocenters. The third-order valence-electron chi connectivity index (χ3n) is 2.88. The van der Waals surface area contributed by atoms with E-state index in [9.17, 15) is 9.90 Å². The molecule has 0 radical (unpaired) electrons. The number of aromatic hydroxyl groups is 1. The van der Waals surface area contributed by atoms with Crippen LogP contribution in [0.25, 0.3) is 6.08 Å². The Balaban J connectivity index is 2.20. The van der Waals surface area contributed by atoms with Crippen LogP contribution in [0, 0.1) is 0 Å².